The number of para-hydroxylation sites is 1. The molecule has 0 amide bonds. The van der Waals surface area contributed by atoms with E-state index in [2.05, 4.69) is 21.2 Å². The lowest BCUT2D eigenvalue weighted by atomic mass is 10.1. The average molecular weight is 471 g/mol. The zero-order valence-corrected chi connectivity index (χ0v) is 20.0. The van der Waals surface area contributed by atoms with Crippen molar-refractivity contribution in [2.75, 3.05) is 32.7 Å². The van der Waals surface area contributed by atoms with Crippen LogP contribution in [0, 0.1) is 0 Å². The molecule has 0 saturated heterocycles. The summed E-state index contributed by atoms with van der Waals surface area (Å²) in [7, 11) is 2.82. The SMILES string of the molecule is CN(C)Cc1cc2ccc(-c3nnc(CSCCOc4ccccc4)o3)cc2n1S(C)=O. The van der Waals surface area contributed by atoms with Gasteiger partial charge in [0.1, 0.15) is 16.7 Å². The third kappa shape index (κ3) is 5.40. The second-order valence-electron chi connectivity index (χ2n) is 7.58. The fourth-order valence-corrected chi connectivity index (χ4v) is 4.94. The summed E-state index contributed by atoms with van der Waals surface area (Å²) in [5.41, 5.74) is 2.71. The molecule has 32 heavy (non-hydrogen) atoms. The quantitative estimate of drug-likeness (QED) is 0.322. The van der Waals surface area contributed by atoms with Crippen LogP contribution in [0.25, 0.3) is 22.4 Å². The van der Waals surface area contributed by atoms with Crippen LogP contribution in [-0.4, -0.2) is 56.0 Å². The van der Waals surface area contributed by atoms with Crippen LogP contribution in [-0.2, 0) is 23.3 Å². The minimum atomic E-state index is -1.17. The topological polar surface area (TPSA) is 73.4 Å². The minimum Gasteiger partial charge on any atom is -0.493 e. The Kier molecular flexibility index (Phi) is 7.29. The highest BCUT2D eigenvalue weighted by Crippen LogP contribution is 2.28. The number of hydrogen-bond acceptors (Lipinski definition) is 7. The summed E-state index contributed by atoms with van der Waals surface area (Å²) < 4.78 is 25.9. The van der Waals surface area contributed by atoms with Gasteiger partial charge in [0.15, 0.2) is 0 Å². The smallest absolute Gasteiger partial charge is 0.247 e. The molecule has 4 aromatic rings. The first-order valence-electron chi connectivity index (χ1n) is 10.2. The van der Waals surface area contributed by atoms with Crippen molar-refractivity contribution in [1.29, 1.82) is 0 Å². The first-order chi connectivity index (χ1) is 15.5. The van der Waals surface area contributed by atoms with E-state index < -0.39 is 11.0 Å². The molecule has 1 atom stereocenters. The van der Waals surface area contributed by atoms with Gasteiger partial charge in [-0.05, 0) is 44.4 Å². The standard InChI is InChI=1S/C23H26N4O3S2/c1-26(2)15-19-13-17-9-10-18(14-21(17)27(19)32(3)28)23-25-24-22(30-23)16-31-12-11-29-20-7-5-4-6-8-20/h4-10,13-14H,11-12,15-16H2,1-3H3. The van der Waals surface area contributed by atoms with E-state index >= 15 is 0 Å². The summed E-state index contributed by atoms with van der Waals surface area (Å²) in [6.45, 7) is 1.33. The lowest BCUT2D eigenvalue weighted by Crippen LogP contribution is -2.15. The molecule has 0 bridgehead atoms. The number of aromatic nitrogens is 3. The van der Waals surface area contributed by atoms with Gasteiger partial charge in [0, 0.05) is 35.2 Å². The zero-order valence-electron chi connectivity index (χ0n) is 18.4. The van der Waals surface area contributed by atoms with E-state index in [0.717, 1.165) is 33.7 Å². The van der Waals surface area contributed by atoms with Gasteiger partial charge in [0.2, 0.25) is 11.8 Å². The summed E-state index contributed by atoms with van der Waals surface area (Å²) in [5.74, 6) is 3.35. The van der Waals surface area contributed by atoms with Gasteiger partial charge in [-0.3, -0.25) is 3.97 Å². The Morgan fingerprint density at radius 2 is 1.94 bits per heavy atom. The highest BCUT2D eigenvalue weighted by Gasteiger charge is 2.15. The predicted octanol–water partition coefficient (Wildman–Crippen LogP) is 4.21. The number of thioether (sulfide) groups is 1. The summed E-state index contributed by atoms with van der Waals surface area (Å²) >= 11 is 1.68. The van der Waals surface area contributed by atoms with Gasteiger partial charge in [-0.25, -0.2) is 4.21 Å². The van der Waals surface area contributed by atoms with Crippen molar-refractivity contribution in [3.05, 3.63) is 66.2 Å². The molecule has 2 heterocycles. The van der Waals surface area contributed by atoms with Crippen LogP contribution >= 0.6 is 11.8 Å². The molecule has 2 aromatic heterocycles. The molecular formula is C23H26N4O3S2. The molecule has 0 spiro atoms. The fourth-order valence-electron chi connectivity index (χ4n) is 3.43. The van der Waals surface area contributed by atoms with Crippen molar-refractivity contribution in [3.63, 3.8) is 0 Å². The minimum absolute atomic E-state index is 0.465. The Morgan fingerprint density at radius 3 is 2.69 bits per heavy atom. The zero-order chi connectivity index (χ0) is 22.5. The second kappa shape index (κ2) is 10.3. The van der Waals surface area contributed by atoms with Crippen LogP contribution in [0.3, 0.4) is 0 Å². The van der Waals surface area contributed by atoms with Gasteiger partial charge in [-0.15, -0.1) is 22.0 Å². The van der Waals surface area contributed by atoms with Crippen LogP contribution in [0.1, 0.15) is 11.6 Å². The van der Waals surface area contributed by atoms with Gasteiger partial charge in [0.05, 0.1) is 17.9 Å². The Hall–Kier alpha value is -2.62. The molecule has 168 valence electrons. The normalized spacial score (nSPS) is 12.5. The number of rotatable bonds is 10. The van der Waals surface area contributed by atoms with E-state index in [0.29, 0.717) is 30.7 Å². The second-order valence-corrected chi connectivity index (χ2v) is 9.90. The third-order valence-electron chi connectivity index (χ3n) is 4.75. The maximum atomic E-state index is 12.4. The molecule has 0 fully saturated rings. The largest absolute Gasteiger partial charge is 0.493 e. The Balaban J connectivity index is 1.42. The lowest BCUT2D eigenvalue weighted by Gasteiger charge is -2.12. The van der Waals surface area contributed by atoms with Gasteiger partial charge >= 0.3 is 0 Å². The van der Waals surface area contributed by atoms with Gasteiger partial charge in [-0.2, -0.15) is 0 Å². The van der Waals surface area contributed by atoms with E-state index in [9.17, 15) is 4.21 Å². The molecule has 4 rings (SSSR count). The maximum absolute atomic E-state index is 12.4. The van der Waals surface area contributed by atoms with Crippen LogP contribution in [0.2, 0.25) is 0 Å². The Labute approximate surface area is 194 Å². The highest BCUT2D eigenvalue weighted by molar-refractivity contribution is 7.98. The number of hydrogen-bond donors (Lipinski definition) is 0. The Morgan fingerprint density at radius 1 is 1.12 bits per heavy atom. The van der Waals surface area contributed by atoms with Crippen molar-refractivity contribution in [1.82, 2.24) is 19.1 Å². The lowest BCUT2D eigenvalue weighted by molar-refractivity contribution is 0.344. The van der Waals surface area contributed by atoms with Crippen LogP contribution < -0.4 is 4.74 Å². The maximum Gasteiger partial charge on any atom is 0.247 e. The first kappa shape index (κ1) is 22.6. The molecule has 9 heteroatoms. The summed E-state index contributed by atoms with van der Waals surface area (Å²) in [5, 5.41) is 9.43. The Bertz CT molecular complexity index is 1200. The van der Waals surface area contributed by atoms with Crippen molar-refractivity contribution in [2.24, 2.45) is 0 Å². The molecule has 1 unspecified atom stereocenters. The van der Waals surface area contributed by atoms with Crippen LogP contribution in [0.15, 0.2) is 59.0 Å². The van der Waals surface area contributed by atoms with Crippen LogP contribution in [0.5, 0.6) is 5.75 Å². The van der Waals surface area contributed by atoms with Crippen molar-refractivity contribution >= 4 is 33.7 Å². The first-order valence-corrected chi connectivity index (χ1v) is 12.9. The predicted molar refractivity (Wildman–Crippen MR) is 130 cm³/mol. The fraction of sp³-hybridized carbons (Fsp3) is 0.304. The van der Waals surface area contributed by atoms with Crippen LogP contribution in [0.4, 0.5) is 0 Å². The number of ether oxygens (including phenoxy) is 1. The molecule has 0 saturated carbocycles. The van der Waals surface area contributed by atoms with Gasteiger partial charge in [0.25, 0.3) is 0 Å². The van der Waals surface area contributed by atoms with E-state index in [4.69, 9.17) is 9.15 Å². The number of fused-ring (bicyclic) bond motifs is 1. The summed E-state index contributed by atoms with van der Waals surface area (Å²) in [6.07, 6.45) is 1.69. The van der Waals surface area contributed by atoms with E-state index in [-0.39, 0.29) is 0 Å². The molecule has 0 aliphatic carbocycles. The van der Waals surface area contributed by atoms with Crippen molar-refractivity contribution in [2.45, 2.75) is 12.3 Å². The highest BCUT2D eigenvalue weighted by atomic mass is 32.2. The molecular weight excluding hydrogens is 444 g/mol. The summed E-state index contributed by atoms with van der Waals surface area (Å²) in [6, 6.07) is 17.8. The molecule has 2 aromatic carbocycles. The number of nitrogens with zero attached hydrogens (tertiary/aromatic N) is 4. The molecule has 7 nitrogen and oxygen atoms in total. The van der Waals surface area contributed by atoms with Gasteiger partial charge in [-0.1, -0.05) is 24.3 Å². The third-order valence-corrected chi connectivity index (χ3v) is 6.60. The average Bonchev–Trinajstić information content (AvgIpc) is 3.37. The molecule has 0 aliphatic rings. The molecule has 0 N–H and O–H groups in total. The monoisotopic (exact) mass is 470 g/mol. The van der Waals surface area contributed by atoms with E-state index in [1.54, 1.807) is 18.0 Å². The molecule has 0 radical (unpaired) electrons. The van der Waals surface area contributed by atoms with Crippen molar-refractivity contribution < 1.29 is 13.4 Å². The summed E-state index contributed by atoms with van der Waals surface area (Å²) in [4.78, 5) is 2.06. The van der Waals surface area contributed by atoms with E-state index in [1.807, 2.05) is 66.6 Å². The van der Waals surface area contributed by atoms with E-state index in [1.165, 1.54) is 0 Å². The number of benzene rings is 2. The van der Waals surface area contributed by atoms with Gasteiger partial charge < -0.3 is 14.1 Å². The molecule has 0 aliphatic heterocycles. The van der Waals surface area contributed by atoms with Crippen molar-refractivity contribution in [3.8, 4) is 17.2 Å².